The van der Waals surface area contributed by atoms with Gasteiger partial charge in [0.05, 0.1) is 13.2 Å². The summed E-state index contributed by atoms with van der Waals surface area (Å²) < 4.78 is 5.34. The molecular weight excluding hydrogens is 214 g/mol. The van der Waals surface area contributed by atoms with Crippen molar-refractivity contribution in [1.29, 1.82) is 0 Å². The first-order valence-corrected chi connectivity index (χ1v) is 5.38. The van der Waals surface area contributed by atoms with Crippen molar-refractivity contribution >= 4 is 23.2 Å². The predicted octanol–water partition coefficient (Wildman–Crippen LogP) is 0.0913. The van der Waals surface area contributed by atoms with E-state index in [0.717, 1.165) is 0 Å². The molecule has 0 saturated carbocycles. The molecule has 15 heavy (non-hydrogen) atoms. The van der Waals surface area contributed by atoms with Gasteiger partial charge in [0.15, 0.2) is 0 Å². The predicted molar refractivity (Wildman–Crippen MR) is 61.8 cm³/mol. The number of hydrogen-bond donors (Lipinski definition) is 2. The third-order valence-corrected chi connectivity index (χ3v) is 2.35. The fourth-order valence-electron chi connectivity index (χ4n) is 1.34. The Kier molecular flexibility index (Phi) is 4.28. The van der Waals surface area contributed by atoms with Crippen molar-refractivity contribution in [3.8, 4) is 0 Å². The normalized spacial score (nSPS) is 21.5. The Bertz CT molecular complexity index is 258. The minimum Gasteiger partial charge on any atom is -0.391 e. The second-order valence-corrected chi connectivity index (χ2v) is 4.28. The van der Waals surface area contributed by atoms with E-state index in [2.05, 4.69) is 5.32 Å². The van der Waals surface area contributed by atoms with E-state index in [4.69, 9.17) is 22.7 Å². The maximum absolute atomic E-state index is 11.7. The molecule has 3 N–H and O–H groups in total. The lowest BCUT2D eigenvalue weighted by molar-refractivity contribution is 0.0222. The van der Waals surface area contributed by atoms with E-state index in [1.54, 1.807) is 4.90 Å². The van der Waals surface area contributed by atoms with Crippen LogP contribution in [0.5, 0.6) is 0 Å². The Morgan fingerprint density at radius 3 is 2.87 bits per heavy atom. The van der Waals surface area contributed by atoms with Crippen LogP contribution in [0.25, 0.3) is 0 Å². The van der Waals surface area contributed by atoms with Crippen LogP contribution in [-0.4, -0.2) is 47.8 Å². The zero-order valence-corrected chi connectivity index (χ0v) is 9.84. The van der Waals surface area contributed by atoms with Gasteiger partial charge in [0.2, 0.25) is 0 Å². The lowest BCUT2D eigenvalue weighted by Gasteiger charge is -2.32. The summed E-state index contributed by atoms with van der Waals surface area (Å²) in [5.74, 6) is 0. The van der Waals surface area contributed by atoms with Crippen LogP contribution in [-0.2, 0) is 4.74 Å². The number of carbonyl (C=O) groups excluding carboxylic acids is 1. The van der Waals surface area contributed by atoms with Crippen molar-refractivity contribution in [2.75, 3.05) is 19.7 Å². The largest absolute Gasteiger partial charge is 0.391 e. The number of nitrogens with zero attached hydrogens (tertiary/aromatic N) is 1. The smallest absolute Gasteiger partial charge is 0.317 e. The second-order valence-electron chi connectivity index (χ2n) is 3.81. The summed E-state index contributed by atoms with van der Waals surface area (Å²) >= 11 is 4.84. The number of thiocarbonyl (C=S) groups is 1. The Hall–Kier alpha value is -0.880. The molecule has 1 aliphatic rings. The fourth-order valence-corrected chi connectivity index (χ4v) is 1.49. The molecule has 1 heterocycles. The van der Waals surface area contributed by atoms with Gasteiger partial charge < -0.3 is 20.7 Å². The number of morpholine rings is 1. The van der Waals surface area contributed by atoms with Gasteiger partial charge in [-0.25, -0.2) is 4.79 Å². The Labute approximate surface area is 94.9 Å². The lowest BCUT2D eigenvalue weighted by atomic mass is 10.3. The first kappa shape index (κ1) is 12.2. The Morgan fingerprint density at radius 2 is 2.33 bits per heavy atom. The average Bonchev–Trinajstić information content (AvgIpc) is 2.17. The standard InChI is InChI=1S/C9H17N3O2S/c1-6(2)11-9(13)12-3-4-14-7(5-12)8(10)15/h6-7H,3-5H2,1-2H3,(H2,10,15)(H,11,13). The van der Waals surface area contributed by atoms with Gasteiger partial charge in [0.1, 0.15) is 11.1 Å². The SMILES string of the molecule is CC(C)NC(=O)N1CCOC(C(N)=S)C1. The summed E-state index contributed by atoms with van der Waals surface area (Å²) in [6.07, 6.45) is -0.313. The monoisotopic (exact) mass is 231 g/mol. The van der Waals surface area contributed by atoms with Crippen LogP contribution in [0.15, 0.2) is 0 Å². The maximum Gasteiger partial charge on any atom is 0.317 e. The van der Waals surface area contributed by atoms with Gasteiger partial charge >= 0.3 is 6.03 Å². The van der Waals surface area contributed by atoms with E-state index in [9.17, 15) is 4.79 Å². The summed E-state index contributed by atoms with van der Waals surface area (Å²) in [5.41, 5.74) is 5.48. The van der Waals surface area contributed by atoms with Crippen molar-refractivity contribution in [3.05, 3.63) is 0 Å². The van der Waals surface area contributed by atoms with E-state index in [1.165, 1.54) is 0 Å². The summed E-state index contributed by atoms with van der Waals surface area (Å²) in [6.45, 7) is 5.34. The van der Waals surface area contributed by atoms with Crippen molar-refractivity contribution in [2.45, 2.75) is 26.0 Å². The molecule has 6 heteroatoms. The summed E-state index contributed by atoms with van der Waals surface area (Å²) in [6, 6.07) is 0.0400. The highest BCUT2D eigenvalue weighted by molar-refractivity contribution is 7.80. The van der Waals surface area contributed by atoms with Crippen LogP contribution in [0.4, 0.5) is 4.79 Å². The zero-order chi connectivity index (χ0) is 11.4. The van der Waals surface area contributed by atoms with E-state index in [1.807, 2.05) is 13.8 Å². The van der Waals surface area contributed by atoms with Crippen LogP contribution < -0.4 is 11.1 Å². The first-order valence-electron chi connectivity index (χ1n) is 4.97. The molecule has 1 aliphatic heterocycles. The van der Waals surface area contributed by atoms with E-state index in [0.29, 0.717) is 24.7 Å². The second kappa shape index (κ2) is 5.27. The number of ether oxygens (including phenoxy) is 1. The van der Waals surface area contributed by atoms with E-state index < -0.39 is 0 Å². The maximum atomic E-state index is 11.7. The van der Waals surface area contributed by atoms with Crippen LogP contribution in [0, 0.1) is 0 Å². The van der Waals surface area contributed by atoms with Crippen molar-refractivity contribution in [3.63, 3.8) is 0 Å². The molecule has 1 unspecified atom stereocenters. The molecular formula is C9H17N3O2S. The summed E-state index contributed by atoms with van der Waals surface area (Å²) in [4.78, 5) is 13.6. The molecule has 0 spiro atoms. The van der Waals surface area contributed by atoms with Crippen LogP contribution >= 0.6 is 12.2 Å². The minimum atomic E-state index is -0.313. The van der Waals surface area contributed by atoms with Gasteiger partial charge in [0, 0.05) is 12.6 Å². The number of nitrogens with one attached hydrogen (secondary N) is 1. The quantitative estimate of drug-likeness (QED) is 0.661. The number of urea groups is 1. The van der Waals surface area contributed by atoms with Gasteiger partial charge in [0.25, 0.3) is 0 Å². The zero-order valence-electron chi connectivity index (χ0n) is 9.03. The molecule has 0 aromatic rings. The number of amides is 2. The summed E-state index contributed by atoms with van der Waals surface area (Å²) in [7, 11) is 0. The van der Waals surface area contributed by atoms with Crippen LogP contribution in [0.2, 0.25) is 0 Å². The molecule has 5 nitrogen and oxygen atoms in total. The molecule has 1 atom stereocenters. The van der Waals surface area contributed by atoms with Gasteiger partial charge in [-0.1, -0.05) is 12.2 Å². The topological polar surface area (TPSA) is 67.6 Å². The molecule has 0 aromatic carbocycles. The molecule has 0 aromatic heterocycles. The highest BCUT2D eigenvalue weighted by Crippen LogP contribution is 2.05. The number of rotatable bonds is 2. The molecule has 1 rings (SSSR count). The van der Waals surface area contributed by atoms with Crippen molar-refractivity contribution in [1.82, 2.24) is 10.2 Å². The number of nitrogens with two attached hydrogens (primary N) is 1. The van der Waals surface area contributed by atoms with E-state index in [-0.39, 0.29) is 18.2 Å². The first-order chi connectivity index (χ1) is 7.00. The van der Waals surface area contributed by atoms with Gasteiger partial charge in [-0.15, -0.1) is 0 Å². The van der Waals surface area contributed by atoms with E-state index >= 15 is 0 Å². The third kappa shape index (κ3) is 3.64. The highest BCUT2D eigenvalue weighted by atomic mass is 32.1. The van der Waals surface area contributed by atoms with Crippen LogP contribution in [0.1, 0.15) is 13.8 Å². The molecule has 2 amide bonds. The molecule has 86 valence electrons. The fraction of sp³-hybridized carbons (Fsp3) is 0.778. The Morgan fingerprint density at radius 1 is 1.67 bits per heavy atom. The van der Waals surface area contributed by atoms with Crippen LogP contribution in [0.3, 0.4) is 0 Å². The minimum absolute atomic E-state index is 0.0884. The molecule has 0 aliphatic carbocycles. The molecule has 0 bridgehead atoms. The Balaban J connectivity index is 2.48. The molecule has 1 fully saturated rings. The van der Waals surface area contributed by atoms with Gasteiger partial charge in [-0.2, -0.15) is 0 Å². The van der Waals surface area contributed by atoms with Gasteiger partial charge in [-0.3, -0.25) is 0 Å². The molecule has 0 radical (unpaired) electrons. The van der Waals surface area contributed by atoms with Crippen molar-refractivity contribution < 1.29 is 9.53 Å². The van der Waals surface area contributed by atoms with Crippen molar-refractivity contribution in [2.24, 2.45) is 5.73 Å². The highest BCUT2D eigenvalue weighted by Gasteiger charge is 2.25. The molecule has 1 saturated heterocycles. The average molecular weight is 231 g/mol. The number of hydrogen-bond acceptors (Lipinski definition) is 3. The third-order valence-electron chi connectivity index (χ3n) is 2.08. The van der Waals surface area contributed by atoms with Gasteiger partial charge in [-0.05, 0) is 13.8 Å². The lowest BCUT2D eigenvalue weighted by Crippen LogP contribution is -2.53. The summed E-state index contributed by atoms with van der Waals surface area (Å²) in [5, 5.41) is 2.82. The number of carbonyl (C=O) groups is 1.